The molecule has 1 N–H and O–H groups in total. The van der Waals surface area contributed by atoms with Gasteiger partial charge in [-0.05, 0) is 29.2 Å². The van der Waals surface area contributed by atoms with Crippen molar-refractivity contribution in [2.24, 2.45) is 0 Å². The molecule has 21 heavy (non-hydrogen) atoms. The summed E-state index contributed by atoms with van der Waals surface area (Å²) in [5, 5.41) is 19.7. The van der Waals surface area contributed by atoms with Crippen molar-refractivity contribution in [1.29, 1.82) is 0 Å². The van der Waals surface area contributed by atoms with Gasteiger partial charge in [0.1, 0.15) is 12.7 Å². The van der Waals surface area contributed by atoms with E-state index in [-0.39, 0.29) is 11.4 Å². The summed E-state index contributed by atoms with van der Waals surface area (Å²) in [6.45, 7) is 2.19. The minimum atomic E-state index is -0.962. The molecule has 8 heteroatoms. The molecule has 0 spiro atoms. The Kier molecular flexibility index (Phi) is 4.59. The second-order valence-electron chi connectivity index (χ2n) is 4.25. The maximum absolute atomic E-state index is 10.9. The second kappa shape index (κ2) is 6.40. The van der Waals surface area contributed by atoms with Gasteiger partial charge >= 0.3 is 11.8 Å². The highest BCUT2D eigenvalue weighted by Gasteiger charge is 2.16. The number of carbonyl (C=O) groups is 1. The van der Waals surface area contributed by atoms with Gasteiger partial charge in [0.15, 0.2) is 5.82 Å². The first-order chi connectivity index (χ1) is 9.99. The lowest BCUT2D eigenvalue weighted by molar-refractivity contribution is -0.392. The summed E-state index contributed by atoms with van der Waals surface area (Å²) >= 11 is 1.50. The fraction of sp³-hybridized carbons (Fsp3) is 0.231. The van der Waals surface area contributed by atoms with Crippen LogP contribution in [0.3, 0.4) is 0 Å². The number of rotatable bonds is 6. The molecule has 0 bridgehead atoms. The summed E-state index contributed by atoms with van der Waals surface area (Å²) in [6, 6.07) is 6.53. The van der Waals surface area contributed by atoms with Crippen molar-refractivity contribution in [3.05, 3.63) is 52.0 Å². The lowest BCUT2D eigenvalue weighted by atomic mass is 10.2. The molecule has 0 aliphatic carbocycles. The number of aromatic nitrogens is 2. The number of aromatic carboxylic acids is 1. The maximum atomic E-state index is 10.9. The zero-order chi connectivity index (χ0) is 15.4. The molecule has 1 heterocycles. The maximum Gasteiger partial charge on any atom is 0.342 e. The Balaban J connectivity index is 1.97. The summed E-state index contributed by atoms with van der Waals surface area (Å²) in [5.41, 5.74) is 0.237. The highest BCUT2D eigenvalue weighted by Crippen LogP contribution is 2.21. The fourth-order valence-corrected chi connectivity index (χ4v) is 2.66. The van der Waals surface area contributed by atoms with Gasteiger partial charge in [0.2, 0.25) is 0 Å². The molecular weight excluding hydrogens is 294 g/mol. The van der Waals surface area contributed by atoms with Crippen LogP contribution in [0.25, 0.3) is 0 Å². The van der Waals surface area contributed by atoms with Crippen molar-refractivity contribution >= 4 is 23.5 Å². The van der Waals surface area contributed by atoms with Gasteiger partial charge in [0, 0.05) is 17.6 Å². The molecule has 2 aromatic rings. The largest absolute Gasteiger partial charge is 0.478 e. The first kappa shape index (κ1) is 15.0. The molecule has 110 valence electrons. The van der Waals surface area contributed by atoms with Crippen LogP contribution in [0.1, 0.15) is 16.2 Å². The molecule has 2 rings (SSSR count). The molecule has 0 unspecified atom stereocenters. The quantitative estimate of drug-likeness (QED) is 0.500. The molecule has 0 aliphatic heterocycles. The minimum absolute atomic E-state index is 0.0191. The Labute approximate surface area is 124 Å². The second-order valence-corrected chi connectivity index (χ2v) is 5.42. The van der Waals surface area contributed by atoms with Crippen LogP contribution in [0.15, 0.2) is 35.4 Å². The van der Waals surface area contributed by atoms with Gasteiger partial charge in [0.25, 0.3) is 0 Å². The Hall–Kier alpha value is -2.35. The van der Waals surface area contributed by atoms with Crippen LogP contribution in [0.4, 0.5) is 5.82 Å². The monoisotopic (exact) mass is 307 g/mol. The van der Waals surface area contributed by atoms with E-state index in [9.17, 15) is 14.9 Å². The van der Waals surface area contributed by atoms with Gasteiger partial charge in [-0.25, -0.2) is 14.3 Å². The molecular formula is C13H13N3O4S. The highest BCUT2D eigenvalue weighted by atomic mass is 32.2. The molecule has 0 atom stereocenters. The van der Waals surface area contributed by atoms with Gasteiger partial charge in [-0.15, -0.1) is 11.8 Å². The number of imidazole rings is 1. The number of hydrogen-bond donors (Lipinski definition) is 1. The summed E-state index contributed by atoms with van der Waals surface area (Å²) in [4.78, 5) is 26.0. The number of thioether (sulfide) groups is 1. The number of hydrogen-bond acceptors (Lipinski definition) is 5. The van der Waals surface area contributed by atoms with E-state index in [0.29, 0.717) is 18.1 Å². The van der Waals surface area contributed by atoms with Gasteiger partial charge in [-0.1, -0.05) is 0 Å². The van der Waals surface area contributed by atoms with Crippen LogP contribution < -0.4 is 0 Å². The molecule has 0 fully saturated rings. The van der Waals surface area contributed by atoms with E-state index in [2.05, 4.69) is 4.98 Å². The van der Waals surface area contributed by atoms with E-state index in [1.165, 1.54) is 30.1 Å². The van der Waals surface area contributed by atoms with Crippen LogP contribution in [0.5, 0.6) is 0 Å². The first-order valence-corrected chi connectivity index (χ1v) is 7.10. The molecule has 7 nitrogen and oxygen atoms in total. The molecule has 0 saturated heterocycles. The first-order valence-electron chi connectivity index (χ1n) is 6.11. The highest BCUT2D eigenvalue weighted by molar-refractivity contribution is 7.99. The van der Waals surface area contributed by atoms with Gasteiger partial charge < -0.3 is 15.2 Å². The van der Waals surface area contributed by atoms with Crippen molar-refractivity contribution in [1.82, 2.24) is 9.55 Å². The third kappa shape index (κ3) is 3.60. The van der Waals surface area contributed by atoms with E-state index >= 15 is 0 Å². The van der Waals surface area contributed by atoms with Crippen molar-refractivity contribution in [3.63, 3.8) is 0 Å². The molecule has 0 radical (unpaired) electrons. The lowest BCUT2D eigenvalue weighted by Gasteiger charge is -2.04. The van der Waals surface area contributed by atoms with E-state index in [1.807, 2.05) is 0 Å². The average molecular weight is 307 g/mol. The van der Waals surface area contributed by atoms with E-state index < -0.39 is 10.9 Å². The summed E-state index contributed by atoms with van der Waals surface area (Å²) in [5.74, 6) is 0.249. The third-order valence-electron chi connectivity index (χ3n) is 2.91. The lowest BCUT2D eigenvalue weighted by Crippen LogP contribution is -2.06. The molecule has 0 amide bonds. The zero-order valence-corrected chi connectivity index (χ0v) is 12.0. The Morgan fingerprint density at radius 3 is 2.67 bits per heavy atom. The smallest absolute Gasteiger partial charge is 0.342 e. The van der Waals surface area contributed by atoms with Crippen molar-refractivity contribution in [2.45, 2.75) is 18.4 Å². The third-order valence-corrected chi connectivity index (χ3v) is 3.90. The number of carboxylic acids is 1. The van der Waals surface area contributed by atoms with Crippen LogP contribution in [0, 0.1) is 17.0 Å². The topological polar surface area (TPSA) is 98.3 Å². The van der Waals surface area contributed by atoms with E-state index in [0.717, 1.165) is 4.90 Å². The average Bonchev–Trinajstić information content (AvgIpc) is 2.81. The van der Waals surface area contributed by atoms with E-state index in [4.69, 9.17) is 5.11 Å². The molecule has 1 aromatic heterocycles. The van der Waals surface area contributed by atoms with Gasteiger partial charge in [-0.3, -0.25) is 0 Å². The zero-order valence-electron chi connectivity index (χ0n) is 11.2. The minimum Gasteiger partial charge on any atom is -0.478 e. The number of carboxylic acid groups (broad SMARTS) is 1. The number of aryl methyl sites for hydroxylation is 1. The van der Waals surface area contributed by atoms with Crippen LogP contribution in [-0.4, -0.2) is 31.3 Å². The summed E-state index contributed by atoms with van der Waals surface area (Å²) in [6.07, 6.45) is 1.25. The number of benzene rings is 1. The summed E-state index contributed by atoms with van der Waals surface area (Å²) in [7, 11) is 0. The van der Waals surface area contributed by atoms with Gasteiger partial charge in [0.05, 0.1) is 5.56 Å². The Bertz CT molecular complexity index is 667. The fourth-order valence-electron chi connectivity index (χ4n) is 1.83. The van der Waals surface area contributed by atoms with Crippen LogP contribution in [0.2, 0.25) is 0 Å². The van der Waals surface area contributed by atoms with E-state index in [1.54, 1.807) is 23.6 Å². The standard InChI is InChI=1S/C13H13N3O4S/c1-9-14-8-12(16(19)20)15(9)6-7-21-11-4-2-10(3-5-11)13(17)18/h2-5,8H,6-7H2,1H3,(H,17,18). The van der Waals surface area contributed by atoms with Gasteiger partial charge in [-0.2, -0.15) is 0 Å². The predicted octanol–water partition coefficient (Wildman–Crippen LogP) is 2.59. The number of nitro groups is 1. The summed E-state index contributed by atoms with van der Waals surface area (Å²) < 4.78 is 1.55. The van der Waals surface area contributed by atoms with Crippen molar-refractivity contribution < 1.29 is 14.8 Å². The number of nitrogens with zero attached hydrogens (tertiary/aromatic N) is 3. The van der Waals surface area contributed by atoms with Crippen molar-refractivity contribution in [3.8, 4) is 0 Å². The SMILES string of the molecule is Cc1ncc([N+](=O)[O-])n1CCSc1ccc(C(=O)O)cc1. The predicted molar refractivity (Wildman–Crippen MR) is 77.7 cm³/mol. The van der Waals surface area contributed by atoms with Crippen molar-refractivity contribution in [2.75, 3.05) is 5.75 Å². The molecule has 1 aromatic carbocycles. The Morgan fingerprint density at radius 1 is 1.43 bits per heavy atom. The molecule has 0 saturated carbocycles. The van der Waals surface area contributed by atoms with Crippen LogP contribution >= 0.6 is 11.8 Å². The normalized spacial score (nSPS) is 10.5. The Morgan fingerprint density at radius 2 is 2.10 bits per heavy atom. The molecule has 0 aliphatic rings. The van der Waals surface area contributed by atoms with Crippen LogP contribution in [-0.2, 0) is 6.54 Å².